The number of hydrogen-bond donors (Lipinski definition) is 0. The fraction of sp³-hybridized carbons (Fsp3) is 0.200. The molecule has 3 aromatic rings. The molecule has 3 aromatic carbocycles. The first-order valence-electron chi connectivity index (χ1n) is 9.81. The molecule has 0 N–H and O–H groups in total. The number of unbranched alkanes of at least 4 members (excludes halogenated alkanes) is 2. The van der Waals surface area contributed by atoms with E-state index in [0.29, 0.717) is 0 Å². The minimum absolute atomic E-state index is 1.05. The first kappa shape index (κ1) is 22.0. The van der Waals surface area contributed by atoms with Gasteiger partial charge in [0.15, 0.2) is 0 Å². The van der Waals surface area contributed by atoms with Gasteiger partial charge in [0.05, 0.1) is 0 Å². The van der Waals surface area contributed by atoms with E-state index >= 15 is 0 Å². The Morgan fingerprint density at radius 1 is 0.607 bits per heavy atom. The average Bonchev–Trinajstić information content (AvgIpc) is 2.78. The van der Waals surface area contributed by atoms with Crippen LogP contribution in [0.2, 0.25) is 0 Å². The normalized spacial score (nSPS) is 13.3. The average molecular weight is 612 g/mol. The maximum absolute atomic E-state index is 2.85. The van der Waals surface area contributed by atoms with E-state index in [9.17, 15) is 0 Å². The molecule has 0 unspecified atom stereocenters. The van der Waals surface area contributed by atoms with Gasteiger partial charge in [0.1, 0.15) is 0 Å². The quantitative estimate of drug-likeness (QED) is 0.0801. The van der Waals surface area contributed by atoms with Crippen LogP contribution in [0.15, 0.2) is 103 Å². The molecule has 0 aliphatic rings. The van der Waals surface area contributed by atoms with Crippen LogP contribution < -0.4 is 15.9 Å². The van der Waals surface area contributed by atoms with Gasteiger partial charge in [-0.05, 0) is 0 Å². The van der Waals surface area contributed by atoms with Crippen molar-refractivity contribution in [1.29, 1.82) is 0 Å². The third-order valence-corrected chi connectivity index (χ3v) is 17.2. The van der Waals surface area contributed by atoms with Crippen LogP contribution in [0.5, 0.6) is 0 Å². The van der Waals surface area contributed by atoms with Crippen molar-refractivity contribution >= 4 is 64.8 Å². The summed E-state index contributed by atoms with van der Waals surface area (Å²) in [5.74, 6) is 0. The van der Waals surface area contributed by atoms with Crippen molar-refractivity contribution in [2.75, 3.05) is 10.6 Å². The predicted molar refractivity (Wildman–Crippen MR) is 146 cm³/mol. The summed E-state index contributed by atoms with van der Waals surface area (Å²) in [6.07, 6.45) is 9.65. The number of alkyl halides is 1. The topological polar surface area (TPSA) is 0 Å². The Bertz CT molecular complexity index is 777. The van der Waals surface area contributed by atoms with Gasteiger partial charge in [-0.2, -0.15) is 0 Å². The summed E-state index contributed by atoms with van der Waals surface area (Å²) in [4.78, 5) is 0. The standard InChI is InChI=1S/C25H27I2P/c26-21-13-2-1-3-14-22-28(27,23-15-7-4-8-16-23,24-17-9-5-10-18-24)25-19-11-6-12-20-25/h3-12,14-20H,1-2,13,21-22H2. The summed E-state index contributed by atoms with van der Waals surface area (Å²) in [6, 6.07) is 33.4. The van der Waals surface area contributed by atoms with Gasteiger partial charge in [-0.25, -0.2) is 0 Å². The molecule has 0 saturated carbocycles. The fourth-order valence-electron chi connectivity index (χ4n) is 3.73. The summed E-state index contributed by atoms with van der Waals surface area (Å²) in [7, 11) is 0. The van der Waals surface area contributed by atoms with Crippen LogP contribution >= 0.6 is 48.9 Å². The van der Waals surface area contributed by atoms with Crippen LogP contribution in [-0.2, 0) is 0 Å². The molecular weight excluding hydrogens is 585 g/mol. The van der Waals surface area contributed by atoms with Crippen LogP contribution in [-0.4, -0.2) is 10.6 Å². The molecule has 0 aliphatic heterocycles. The number of benzene rings is 3. The second-order valence-electron chi connectivity index (χ2n) is 7.03. The second-order valence-corrected chi connectivity index (χ2v) is 18.8. The number of allylic oxidation sites excluding steroid dienone is 2. The summed E-state index contributed by atoms with van der Waals surface area (Å²) in [5, 5.41) is 4.34. The first-order valence-corrected chi connectivity index (χ1v) is 16.5. The second kappa shape index (κ2) is 10.4. The van der Waals surface area contributed by atoms with Gasteiger partial charge in [0.25, 0.3) is 0 Å². The first-order chi connectivity index (χ1) is 13.7. The van der Waals surface area contributed by atoms with E-state index in [1.165, 1.54) is 39.6 Å². The molecular formula is C25H27I2P. The Hall–Kier alpha value is -0.710. The third-order valence-electron chi connectivity index (χ3n) is 5.25. The molecule has 0 amide bonds. The molecule has 0 nitrogen and oxygen atoms in total. The van der Waals surface area contributed by atoms with Crippen molar-refractivity contribution in [3.8, 4) is 0 Å². The van der Waals surface area contributed by atoms with Crippen LogP contribution in [0.4, 0.5) is 0 Å². The molecule has 0 fully saturated rings. The van der Waals surface area contributed by atoms with Crippen LogP contribution in [0.25, 0.3) is 0 Å². The monoisotopic (exact) mass is 612 g/mol. The molecule has 3 rings (SSSR count). The molecule has 0 spiro atoms. The van der Waals surface area contributed by atoms with Gasteiger partial charge in [-0.3, -0.25) is 0 Å². The van der Waals surface area contributed by atoms with Crippen molar-refractivity contribution in [1.82, 2.24) is 0 Å². The van der Waals surface area contributed by atoms with Gasteiger partial charge in [0.2, 0.25) is 0 Å². The van der Waals surface area contributed by atoms with Gasteiger partial charge in [-0.1, -0.05) is 0 Å². The molecule has 0 saturated heterocycles. The SMILES string of the molecule is ICCCCC=CCP(I)(c1ccccc1)(c1ccccc1)c1ccccc1. The Balaban J connectivity index is 2.16. The Morgan fingerprint density at radius 2 is 1.04 bits per heavy atom. The zero-order valence-corrected chi connectivity index (χ0v) is 21.3. The van der Waals surface area contributed by atoms with Crippen LogP contribution in [0.3, 0.4) is 0 Å². The molecule has 0 atom stereocenters. The molecule has 0 aromatic heterocycles. The van der Waals surface area contributed by atoms with Crippen LogP contribution in [0, 0.1) is 0 Å². The van der Waals surface area contributed by atoms with E-state index < -0.39 is 4.25 Å². The van der Waals surface area contributed by atoms with E-state index in [4.69, 9.17) is 0 Å². The molecule has 28 heavy (non-hydrogen) atoms. The van der Waals surface area contributed by atoms with E-state index in [0.717, 1.165) is 6.16 Å². The summed E-state index contributed by atoms with van der Waals surface area (Å²) in [6.45, 7) is 0. The van der Waals surface area contributed by atoms with Crippen LogP contribution in [0.1, 0.15) is 19.3 Å². The number of hydrogen-bond acceptors (Lipinski definition) is 0. The van der Waals surface area contributed by atoms with Gasteiger partial charge >= 0.3 is 198 Å². The van der Waals surface area contributed by atoms with Gasteiger partial charge in [0, 0.05) is 0 Å². The summed E-state index contributed by atoms with van der Waals surface area (Å²) in [5.41, 5.74) is 0. The van der Waals surface area contributed by atoms with Crippen molar-refractivity contribution in [3.05, 3.63) is 103 Å². The minimum atomic E-state index is -2.62. The number of rotatable bonds is 9. The van der Waals surface area contributed by atoms with Gasteiger partial charge < -0.3 is 0 Å². The van der Waals surface area contributed by atoms with Crippen molar-refractivity contribution in [2.45, 2.75) is 19.3 Å². The van der Waals surface area contributed by atoms with Crippen molar-refractivity contribution in [3.63, 3.8) is 0 Å². The zero-order valence-electron chi connectivity index (χ0n) is 16.1. The van der Waals surface area contributed by atoms with E-state index in [2.05, 4.69) is 148 Å². The van der Waals surface area contributed by atoms with Crippen molar-refractivity contribution in [2.24, 2.45) is 0 Å². The summed E-state index contributed by atoms with van der Waals surface area (Å²) >= 11 is 5.32. The maximum atomic E-state index is 2.85. The van der Waals surface area contributed by atoms with Gasteiger partial charge in [-0.15, -0.1) is 0 Å². The van der Waals surface area contributed by atoms with Crippen molar-refractivity contribution < 1.29 is 0 Å². The van der Waals surface area contributed by atoms with E-state index in [1.807, 2.05) is 0 Å². The molecule has 0 radical (unpaired) electrons. The molecule has 0 bridgehead atoms. The molecule has 3 heteroatoms. The fourth-order valence-corrected chi connectivity index (χ4v) is 12.3. The predicted octanol–water partition coefficient (Wildman–Crippen LogP) is 7.03. The number of halogens is 2. The third kappa shape index (κ3) is 4.55. The molecule has 146 valence electrons. The Morgan fingerprint density at radius 3 is 1.43 bits per heavy atom. The Kier molecular flexibility index (Phi) is 8.13. The van der Waals surface area contributed by atoms with E-state index in [-0.39, 0.29) is 0 Å². The molecule has 0 aliphatic carbocycles. The Labute approximate surface area is 196 Å². The zero-order chi connectivity index (χ0) is 19.7. The van der Waals surface area contributed by atoms with E-state index in [1.54, 1.807) is 0 Å². The molecule has 0 heterocycles. The summed E-state index contributed by atoms with van der Waals surface area (Å²) < 4.78 is -1.38.